The molecule has 0 unspecified atom stereocenters. The zero-order chi connectivity index (χ0) is 23.2. The van der Waals surface area contributed by atoms with Gasteiger partial charge in [0.15, 0.2) is 16.4 Å². The Labute approximate surface area is 183 Å². The lowest BCUT2D eigenvalue weighted by Crippen LogP contribution is -2.43. The molecular weight excluding hydrogens is 450 g/mol. The molecular formula is C18H23N3O8S2. The Kier molecular flexibility index (Phi) is 8.39. The Balaban J connectivity index is 1.93. The van der Waals surface area contributed by atoms with E-state index in [1.54, 1.807) is 0 Å². The number of hydrogen-bond acceptors (Lipinski definition) is 9. The minimum absolute atomic E-state index is 0.0227. The first-order valence-corrected chi connectivity index (χ1v) is 12.2. The van der Waals surface area contributed by atoms with Crippen molar-refractivity contribution in [2.24, 2.45) is 5.73 Å². The summed E-state index contributed by atoms with van der Waals surface area (Å²) in [6, 6.07) is 3.21. The van der Waals surface area contributed by atoms with Gasteiger partial charge in [-0.25, -0.2) is 8.42 Å². The molecule has 1 fully saturated rings. The third kappa shape index (κ3) is 6.92. The molecule has 1 atom stereocenters. The summed E-state index contributed by atoms with van der Waals surface area (Å²) in [5.74, 6) is -2.44. The minimum atomic E-state index is -3.17. The number of carbonyl (C=O) groups is 3. The fraction of sp³-hybridized carbons (Fsp3) is 0.500. The van der Waals surface area contributed by atoms with Crippen molar-refractivity contribution < 1.29 is 32.5 Å². The van der Waals surface area contributed by atoms with Gasteiger partial charge in [0, 0.05) is 24.2 Å². The number of carbonyl (C=O) groups excluding carboxylic acids is 3. The Bertz CT molecular complexity index is 980. The number of nitro groups is 1. The quantitative estimate of drug-likeness (QED) is 0.223. The van der Waals surface area contributed by atoms with Crippen LogP contribution in [0.25, 0.3) is 0 Å². The Morgan fingerprint density at radius 2 is 2.06 bits per heavy atom. The van der Waals surface area contributed by atoms with Crippen molar-refractivity contribution in [3.05, 3.63) is 33.9 Å². The van der Waals surface area contributed by atoms with Crippen molar-refractivity contribution in [2.45, 2.75) is 30.7 Å². The number of amides is 2. The highest BCUT2D eigenvalue weighted by Crippen LogP contribution is 2.30. The van der Waals surface area contributed by atoms with Gasteiger partial charge in [-0.2, -0.15) is 0 Å². The van der Waals surface area contributed by atoms with Crippen molar-refractivity contribution in [1.82, 2.24) is 4.90 Å². The van der Waals surface area contributed by atoms with Crippen molar-refractivity contribution in [3.63, 3.8) is 0 Å². The lowest BCUT2D eigenvalue weighted by Gasteiger charge is -2.27. The summed E-state index contributed by atoms with van der Waals surface area (Å²) in [6.45, 7) is 1.66. The molecule has 1 heterocycles. The summed E-state index contributed by atoms with van der Waals surface area (Å²) in [7, 11) is -3.17. The van der Waals surface area contributed by atoms with E-state index >= 15 is 0 Å². The SMILES string of the molecule is CCCN(C(=O)COC(=O)CSc1ccc(C(N)=O)cc1[N+](=O)[O-])[C@@H]1CCS(=O)(=O)C1. The molecule has 1 aromatic carbocycles. The molecule has 0 aliphatic carbocycles. The molecule has 170 valence electrons. The van der Waals surface area contributed by atoms with Gasteiger partial charge in [0.2, 0.25) is 5.91 Å². The molecule has 1 aliphatic heterocycles. The van der Waals surface area contributed by atoms with E-state index in [1.165, 1.54) is 17.0 Å². The second kappa shape index (κ2) is 10.6. The topological polar surface area (TPSA) is 167 Å². The number of ether oxygens (including phenoxy) is 1. The van der Waals surface area contributed by atoms with Crippen LogP contribution in [0.5, 0.6) is 0 Å². The highest BCUT2D eigenvalue weighted by Gasteiger charge is 2.34. The smallest absolute Gasteiger partial charge is 0.316 e. The Morgan fingerprint density at radius 1 is 1.35 bits per heavy atom. The van der Waals surface area contributed by atoms with Crippen molar-refractivity contribution in [2.75, 3.05) is 30.4 Å². The van der Waals surface area contributed by atoms with E-state index in [9.17, 15) is 32.9 Å². The standard InChI is InChI=1S/C18H23N3O8S2/c1-2-6-20(13-5-7-31(27,28)11-13)16(22)9-29-17(23)10-30-15-4-3-12(18(19)24)8-14(15)21(25)26/h3-4,8,13H,2,5-7,9-11H2,1H3,(H2,19,24)/t13-/m1/s1. The number of nitro benzene ring substituents is 1. The molecule has 13 heteroatoms. The molecule has 2 rings (SSSR count). The van der Waals surface area contributed by atoms with Crippen molar-refractivity contribution in [1.29, 1.82) is 0 Å². The van der Waals surface area contributed by atoms with Crippen molar-refractivity contribution in [3.8, 4) is 0 Å². The highest BCUT2D eigenvalue weighted by atomic mass is 32.2. The highest BCUT2D eigenvalue weighted by molar-refractivity contribution is 8.00. The average molecular weight is 474 g/mol. The van der Waals surface area contributed by atoms with Gasteiger partial charge >= 0.3 is 5.97 Å². The van der Waals surface area contributed by atoms with Crippen LogP contribution in [0.3, 0.4) is 0 Å². The number of primary amides is 1. The van der Waals surface area contributed by atoms with E-state index in [2.05, 4.69) is 0 Å². The first-order valence-electron chi connectivity index (χ1n) is 9.40. The van der Waals surface area contributed by atoms with E-state index in [0.29, 0.717) is 19.4 Å². The van der Waals surface area contributed by atoms with E-state index < -0.39 is 45.2 Å². The zero-order valence-electron chi connectivity index (χ0n) is 16.8. The number of sulfone groups is 1. The lowest BCUT2D eigenvalue weighted by atomic mass is 10.2. The number of nitrogens with two attached hydrogens (primary N) is 1. The molecule has 2 amide bonds. The van der Waals surface area contributed by atoms with Gasteiger partial charge in [-0.05, 0) is 25.0 Å². The predicted molar refractivity (Wildman–Crippen MR) is 112 cm³/mol. The fourth-order valence-corrected chi connectivity index (χ4v) is 5.64. The maximum Gasteiger partial charge on any atom is 0.316 e. The van der Waals surface area contributed by atoms with Gasteiger partial charge in [0.1, 0.15) is 0 Å². The van der Waals surface area contributed by atoms with Gasteiger partial charge in [0.05, 0.1) is 27.1 Å². The molecule has 1 aliphatic rings. The number of hydrogen-bond donors (Lipinski definition) is 1. The predicted octanol–water partition coefficient (Wildman–Crippen LogP) is 0.755. The summed E-state index contributed by atoms with van der Waals surface area (Å²) in [4.78, 5) is 47.8. The summed E-state index contributed by atoms with van der Waals surface area (Å²) in [6.07, 6.45) is 0.972. The Hall–Kier alpha value is -2.67. The van der Waals surface area contributed by atoms with Gasteiger partial charge in [-0.15, -0.1) is 11.8 Å². The molecule has 1 aromatic rings. The zero-order valence-corrected chi connectivity index (χ0v) is 18.4. The van der Waals surface area contributed by atoms with Gasteiger partial charge < -0.3 is 15.4 Å². The maximum absolute atomic E-state index is 12.5. The molecule has 0 radical (unpaired) electrons. The summed E-state index contributed by atoms with van der Waals surface area (Å²) in [5.41, 5.74) is 4.71. The van der Waals surface area contributed by atoms with Gasteiger partial charge in [-0.1, -0.05) is 6.92 Å². The first kappa shape index (κ1) is 24.6. The summed E-state index contributed by atoms with van der Waals surface area (Å²) in [5, 5.41) is 11.2. The van der Waals surface area contributed by atoms with Crippen LogP contribution in [0.4, 0.5) is 5.69 Å². The molecule has 0 spiro atoms. The number of thioether (sulfide) groups is 1. The third-order valence-corrected chi connectivity index (χ3v) is 7.36. The normalized spacial score (nSPS) is 17.1. The van der Waals surface area contributed by atoms with Crippen LogP contribution in [0.2, 0.25) is 0 Å². The van der Waals surface area contributed by atoms with E-state index in [1.807, 2.05) is 6.92 Å². The number of benzene rings is 1. The minimum Gasteiger partial charge on any atom is -0.455 e. The molecule has 31 heavy (non-hydrogen) atoms. The van der Waals surface area contributed by atoms with Crippen LogP contribution in [-0.4, -0.2) is 72.5 Å². The van der Waals surface area contributed by atoms with Gasteiger partial charge in [0.25, 0.3) is 11.6 Å². The monoisotopic (exact) mass is 473 g/mol. The third-order valence-electron chi connectivity index (χ3n) is 4.58. The fourth-order valence-electron chi connectivity index (χ4n) is 3.11. The Morgan fingerprint density at radius 3 is 2.61 bits per heavy atom. The average Bonchev–Trinajstić information content (AvgIpc) is 3.07. The van der Waals surface area contributed by atoms with Crippen LogP contribution in [0, 0.1) is 10.1 Å². The second-order valence-corrected chi connectivity index (χ2v) is 10.1. The number of nitrogens with zero attached hydrogens (tertiary/aromatic N) is 2. The van der Waals surface area contributed by atoms with Crippen LogP contribution in [0.1, 0.15) is 30.1 Å². The molecule has 2 N–H and O–H groups in total. The van der Waals surface area contributed by atoms with Gasteiger partial charge in [-0.3, -0.25) is 24.5 Å². The van der Waals surface area contributed by atoms with Crippen LogP contribution >= 0.6 is 11.8 Å². The van der Waals surface area contributed by atoms with E-state index in [0.717, 1.165) is 17.8 Å². The number of esters is 1. The largest absolute Gasteiger partial charge is 0.455 e. The van der Waals surface area contributed by atoms with Crippen LogP contribution < -0.4 is 5.73 Å². The molecule has 1 saturated heterocycles. The lowest BCUT2D eigenvalue weighted by molar-refractivity contribution is -0.387. The molecule has 0 saturated carbocycles. The first-order chi connectivity index (χ1) is 14.5. The van der Waals surface area contributed by atoms with Crippen LogP contribution in [0.15, 0.2) is 23.1 Å². The molecule has 0 bridgehead atoms. The second-order valence-electron chi connectivity index (χ2n) is 6.90. The summed E-state index contributed by atoms with van der Waals surface area (Å²) >= 11 is 0.827. The van der Waals surface area contributed by atoms with E-state index in [-0.39, 0.29) is 33.4 Å². The molecule has 0 aromatic heterocycles. The number of rotatable bonds is 10. The summed E-state index contributed by atoms with van der Waals surface area (Å²) < 4.78 is 28.4. The maximum atomic E-state index is 12.5. The molecule has 11 nitrogen and oxygen atoms in total. The van der Waals surface area contributed by atoms with Crippen molar-refractivity contribution >= 4 is 45.1 Å². The van der Waals surface area contributed by atoms with Crippen LogP contribution in [-0.2, 0) is 24.2 Å². The van der Waals surface area contributed by atoms with E-state index in [4.69, 9.17) is 10.5 Å².